The van der Waals surface area contributed by atoms with Gasteiger partial charge in [0.15, 0.2) is 0 Å². The molecule has 1 heteroatoms. The van der Waals surface area contributed by atoms with Gasteiger partial charge in [-0.05, 0) is 0 Å². The maximum absolute atomic E-state index is 2.24. The molecule has 1 rings (SSSR count). The van der Waals surface area contributed by atoms with Crippen LogP contribution >= 0.6 is 0 Å². The van der Waals surface area contributed by atoms with Crippen molar-refractivity contribution >= 4 is 26.5 Å². The molecule has 1 aromatic rings. The molecule has 0 aliphatic heterocycles. The Kier molecular flexibility index (Phi) is 2.60. The first-order chi connectivity index (χ1) is 4.33. The van der Waals surface area contributed by atoms with Crippen molar-refractivity contribution in [1.29, 1.82) is 0 Å². The summed E-state index contributed by atoms with van der Waals surface area (Å²) < 4.78 is 1.41. The Bertz CT molecular complexity index is 194. The molecule has 0 aliphatic carbocycles. The molecule has 0 nitrogen and oxygen atoms in total. The predicted octanol–water partition coefficient (Wildman–Crippen LogP) is 1.04. The van der Waals surface area contributed by atoms with E-state index in [0.29, 0.717) is 0 Å². The molecule has 0 heterocycles. The van der Waals surface area contributed by atoms with Gasteiger partial charge in [0, 0.05) is 0 Å². The molecule has 46 valence electrons. The van der Waals surface area contributed by atoms with E-state index in [1.165, 1.54) is 9.07 Å². The standard InChI is InChI=1S/C8H9.Sb/c1-2-8-6-4-3-5-7-8;/h3-4,6-7H,2H2,1H3;. The Balaban J connectivity index is 2.94. The average Bonchev–Trinajstić information content (AvgIpc) is 1.88. The second-order valence-corrected chi connectivity index (χ2v) is 3.50. The van der Waals surface area contributed by atoms with Crippen LogP contribution in [0, 0.1) is 0 Å². The number of benzene rings is 1. The molecule has 0 amide bonds. The van der Waals surface area contributed by atoms with Crippen molar-refractivity contribution in [1.82, 2.24) is 0 Å². The summed E-state index contributed by atoms with van der Waals surface area (Å²) in [6.45, 7) is 2.18. The van der Waals surface area contributed by atoms with Crippen LogP contribution in [0.3, 0.4) is 0 Å². The van der Waals surface area contributed by atoms with Crippen LogP contribution in [0.2, 0.25) is 0 Å². The van der Waals surface area contributed by atoms with Crippen molar-refractivity contribution in [2.45, 2.75) is 13.3 Å². The van der Waals surface area contributed by atoms with E-state index < -0.39 is 0 Å². The topological polar surface area (TPSA) is 0 Å². The molecule has 0 N–H and O–H groups in total. The van der Waals surface area contributed by atoms with Gasteiger partial charge in [-0.2, -0.15) is 0 Å². The van der Waals surface area contributed by atoms with Gasteiger partial charge in [0.05, 0.1) is 0 Å². The number of hydrogen-bond donors (Lipinski definition) is 0. The van der Waals surface area contributed by atoms with Crippen LogP contribution in [0.1, 0.15) is 12.5 Å². The van der Waals surface area contributed by atoms with Gasteiger partial charge in [0.1, 0.15) is 0 Å². The average molecular weight is 227 g/mol. The van der Waals surface area contributed by atoms with E-state index in [2.05, 4.69) is 31.2 Å². The van der Waals surface area contributed by atoms with E-state index in [4.69, 9.17) is 0 Å². The minimum atomic E-state index is 1.15. The molecule has 0 aliphatic rings. The summed E-state index contributed by atoms with van der Waals surface area (Å²) in [5, 5.41) is 0. The van der Waals surface area contributed by atoms with E-state index in [9.17, 15) is 0 Å². The summed E-state index contributed by atoms with van der Waals surface area (Å²) in [5.41, 5.74) is 1.44. The zero-order chi connectivity index (χ0) is 6.69. The summed E-state index contributed by atoms with van der Waals surface area (Å²) in [6, 6.07) is 8.68. The van der Waals surface area contributed by atoms with Crippen molar-refractivity contribution < 1.29 is 0 Å². The van der Waals surface area contributed by atoms with Crippen molar-refractivity contribution in [2.24, 2.45) is 0 Å². The first-order valence-electron chi connectivity index (χ1n) is 3.11. The number of rotatable bonds is 1. The summed E-state index contributed by atoms with van der Waals surface area (Å²) >= 11 is 1.78. The zero-order valence-electron chi connectivity index (χ0n) is 5.46. The minimum absolute atomic E-state index is 1.15. The second kappa shape index (κ2) is 3.27. The van der Waals surface area contributed by atoms with Gasteiger partial charge in [0.25, 0.3) is 0 Å². The summed E-state index contributed by atoms with van der Waals surface area (Å²) in [5.74, 6) is 0. The van der Waals surface area contributed by atoms with Crippen LogP contribution < -0.4 is 3.51 Å². The van der Waals surface area contributed by atoms with Crippen LogP contribution in [-0.4, -0.2) is 23.0 Å². The molecule has 0 saturated heterocycles. The fraction of sp³-hybridized carbons (Fsp3) is 0.250. The molecule has 0 atom stereocenters. The fourth-order valence-corrected chi connectivity index (χ4v) is 1.50. The zero-order valence-corrected chi connectivity index (χ0v) is 8.02. The number of aryl methyl sites for hydroxylation is 1. The van der Waals surface area contributed by atoms with Crippen LogP contribution in [0.25, 0.3) is 0 Å². The van der Waals surface area contributed by atoms with E-state index in [0.717, 1.165) is 6.42 Å². The molecule has 0 saturated carbocycles. The van der Waals surface area contributed by atoms with Gasteiger partial charge in [-0.1, -0.05) is 0 Å². The summed E-state index contributed by atoms with van der Waals surface area (Å²) in [7, 11) is 0. The fourth-order valence-electron chi connectivity index (χ4n) is 0.776. The molecular weight excluding hydrogens is 218 g/mol. The monoisotopic (exact) mass is 226 g/mol. The van der Waals surface area contributed by atoms with E-state index >= 15 is 0 Å². The van der Waals surface area contributed by atoms with Gasteiger partial charge in [-0.25, -0.2) is 0 Å². The molecule has 0 fully saturated rings. The molecule has 0 bridgehead atoms. The van der Waals surface area contributed by atoms with Gasteiger partial charge in [-0.3, -0.25) is 0 Å². The van der Waals surface area contributed by atoms with Gasteiger partial charge < -0.3 is 0 Å². The Morgan fingerprint density at radius 2 is 2.22 bits per heavy atom. The third-order valence-corrected chi connectivity index (χ3v) is 2.11. The third kappa shape index (κ3) is 2.02. The van der Waals surface area contributed by atoms with Crippen molar-refractivity contribution in [3.05, 3.63) is 29.8 Å². The van der Waals surface area contributed by atoms with Crippen LogP contribution in [0.4, 0.5) is 0 Å². The molecular formula is C8H9Sb. The Hall–Kier alpha value is 0.0382. The molecule has 0 unspecified atom stereocenters. The van der Waals surface area contributed by atoms with Crippen molar-refractivity contribution in [3.8, 4) is 0 Å². The van der Waals surface area contributed by atoms with Gasteiger partial charge in [-0.15, -0.1) is 0 Å². The SMILES string of the molecule is CCc1ccc[c]([Sb])c1. The Labute approximate surface area is 69.8 Å². The van der Waals surface area contributed by atoms with Crippen LogP contribution in [0.5, 0.6) is 0 Å². The van der Waals surface area contributed by atoms with E-state index in [-0.39, 0.29) is 0 Å². The first kappa shape index (κ1) is 7.15. The Morgan fingerprint density at radius 1 is 1.44 bits per heavy atom. The number of hydrogen-bond acceptors (Lipinski definition) is 0. The molecule has 2 radical (unpaired) electrons. The molecule has 0 spiro atoms. The molecule has 0 aromatic heterocycles. The van der Waals surface area contributed by atoms with Crippen molar-refractivity contribution in [2.75, 3.05) is 0 Å². The Morgan fingerprint density at radius 3 is 2.67 bits per heavy atom. The third-order valence-electron chi connectivity index (χ3n) is 1.32. The normalized spacial score (nSPS) is 9.56. The predicted molar refractivity (Wildman–Crippen MR) is 41.2 cm³/mol. The quantitative estimate of drug-likeness (QED) is 0.629. The van der Waals surface area contributed by atoms with E-state index in [1.807, 2.05) is 0 Å². The van der Waals surface area contributed by atoms with Gasteiger partial charge in [0.2, 0.25) is 0 Å². The van der Waals surface area contributed by atoms with Crippen molar-refractivity contribution in [3.63, 3.8) is 0 Å². The molecule has 1 aromatic carbocycles. The van der Waals surface area contributed by atoms with Crippen LogP contribution in [-0.2, 0) is 6.42 Å². The van der Waals surface area contributed by atoms with Gasteiger partial charge >= 0.3 is 69.7 Å². The first-order valence-corrected chi connectivity index (χ1v) is 4.38. The summed E-state index contributed by atoms with van der Waals surface area (Å²) in [4.78, 5) is 0. The summed E-state index contributed by atoms with van der Waals surface area (Å²) in [6.07, 6.45) is 1.15. The van der Waals surface area contributed by atoms with E-state index in [1.54, 1.807) is 23.0 Å². The second-order valence-electron chi connectivity index (χ2n) is 2.02. The van der Waals surface area contributed by atoms with Crippen LogP contribution in [0.15, 0.2) is 24.3 Å². The molecule has 9 heavy (non-hydrogen) atoms. The maximum atomic E-state index is 2.24.